The number of rotatable bonds is 9. The molecule has 7 heteroatoms. The number of aromatic hydroxyl groups is 1. The molecule has 0 saturated heterocycles. The number of benzene rings is 3. The first-order chi connectivity index (χ1) is 17.0. The molecule has 0 aliphatic carbocycles. The van der Waals surface area contributed by atoms with Crippen LogP contribution in [0.25, 0.3) is 11.0 Å². The lowest BCUT2D eigenvalue weighted by molar-refractivity contribution is -0.140. The van der Waals surface area contributed by atoms with Crippen molar-refractivity contribution in [3.8, 4) is 17.2 Å². The number of esters is 1. The summed E-state index contributed by atoms with van der Waals surface area (Å²) in [5.41, 5.74) is 1.06. The molecule has 0 spiro atoms. The van der Waals surface area contributed by atoms with Crippen molar-refractivity contribution in [2.45, 2.75) is 18.8 Å². The molecule has 0 aliphatic rings. The summed E-state index contributed by atoms with van der Waals surface area (Å²) in [6, 6.07) is 21.8. The Hall–Kier alpha value is -4.26. The van der Waals surface area contributed by atoms with Crippen LogP contribution in [0.2, 0.25) is 0 Å². The van der Waals surface area contributed by atoms with Crippen LogP contribution in [-0.4, -0.2) is 31.9 Å². The molecule has 35 heavy (non-hydrogen) atoms. The maximum absolute atomic E-state index is 13.1. The van der Waals surface area contributed by atoms with Gasteiger partial charge in [0.15, 0.2) is 11.5 Å². The van der Waals surface area contributed by atoms with Gasteiger partial charge in [0, 0.05) is 17.9 Å². The Balaban J connectivity index is 1.81. The summed E-state index contributed by atoms with van der Waals surface area (Å²) >= 11 is 0. The molecule has 0 amide bonds. The van der Waals surface area contributed by atoms with Crippen molar-refractivity contribution in [2.24, 2.45) is 0 Å². The number of carbonyl (C=O) groups is 1. The number of carbonyl (C=O) groups excluding carboxylic acids is 1. The van der Waals surface area contributed by atoms with Gasteiger partial charge in [-0.25, -0.2) is 4.79 Å². The molecule has 1 N–H and O–H groups in total. The number of methoxy groups -OCH3 is 2. The topological polar surface area (TPSA) is 95.2 Å². The van der Waals surface area contributed by atoms with Crippen LogP contribution in [0, 0.1) is 0 Å². The molecule has 4 aromatic rings. The van der Waals surface area contributed by atoms with Crippen molar-refractivity contribution < 1.29 is 28.5 Å². The Kier molecular flexibility index (Phi) is 7.35. The van der Waals surface area contributed by atoms with Gasteiger partial charge in [0.2, 0.25) is 0 Å². The van der Waals surface area contributed by atoms with E-state index in [1.54, 1.807) is 42.5 Å². The highest BCUT2D eigenvalue weighted by atomic mass is 16.5. The van der Waals surface area contributed by atoms with E-state index in [2.05, 4.69) is 0 Å². The smallest absolute Gasteiger partial charge is 0.343 e. The van der Waals surface area contributed by atoms with Crippen LogP contribution in [0.15, 0.2) is 82.0 Å². The molecule has 7 nitrogen and oxygen atoms in total. The molecule has 1 heterocycles. The van der Waals surface area contributed by atoms with Crippen molar-refractivity contribution in [3.63, 3.8) is 0 Å². The molecule has 0 aliphatic heterocycles. The fourth-order valence-electron chi connectivity index (χ4n) is 4.11. The minimum Gasteiger partial charge on any atom is -0.507 e. The average molecular weight is 475 g/mol. The predicted octanol–water partition coefficient (Wildman–Crippen LogP) is 4.82. The minimum absolute atomic E-state index is 0.0461. The van der Waals surface area contributed by atoms with Gasteiger partial charge in [-0.3, -0.25) is 4.79 Å². The molecular formula is C28H26O7. The fraction of sp³-hybridized carbons (Fsp3) is 0.214. The van der Waals surface area contributed by atoms with Crippen molar-refractivity contribution in [2.75, 3.05) is 20.8 Å². The second-order valence-electron chi connectivity index (χ2n) is 7.94. The Labute approximate surface area is 202 Å². The number of para-hydroxylation sites is 2. The van der Waals surface area contributed by atoms with E-state index in [1.807, 2.05) is 30.3 Å². The van der Waals surface area contributed by atoms with E-state index >= 15 is 0 Å². The predicted molar refractivity (Wildman–Crippen MR) is 131 cm³/mol. The Morgan fingerprint density at radius 1 is 0.971 bits per heavy atom. The molecule has 4 rings (SSSR count). The zero-order valence-electron chi connectivity index (χ0n) is 19.5. The summed E-state index contributed by atoms with van der Waals surface area (Å²) in [5, 5.41) is 11.5. The molecule has 0 radical (unpaired) electrons. The van der Waals surface area contributed by atoms with E-state index in [9.17, 15) is 14.7 Å². The van der Waals surface area contributed by atoms with Crippen molar-refractivity contribution in [3.05, 3.63) is 99.9 Å². The highest BCUT2D eigenvalue weighted by Gasteiger charge is 2.30. The first-order valence-corrected chi connectivity index (χ1v) is 11.2. The van der Waals surface area contributed by atoms with Crippen LogP contribution in [-0.2, 0) is 16.0 Å². The third-order valence-electron chi connectivity index (χ3n) is 5.85. The Morgan fingerprint density at radius 3 is 2.46 bits per heavy atom. The fourth-order valence-corrected chi connectivity index (χ4v) is 4.11. The lowest BCUT2D eigenvalue weighted by atomic mass is 9.87. The largest absolute Gasteiger partial charge is 0.507 e. The minimum atomic E-state index is -0.898. The van der Waals surface area contributed by atoms with E-state index in [-0.39, 0.29) is 23.3 Å². The molecule has 0 fully saturated rings. The quantitative estimate of drug-likeness (QED) is 0.274. The molecular weight excluding hydrogens is 448 g/mol. The van der Waals surface area contributed by atoms with E-state index in [0.29, 0.717) is 35.5 Å². The van der Waals surface area contributed by atoms with Gasteiger partial charge in [-0.05, 0) is 23.8 Å². The summed E-state index contributed by atoms with van der Waals surface area (Å²) in [7, 11) is 2.78. The maximum atomic E-state index is 13.1. The van der Waals surface area contributed by atoms with Gasteiger partial charge in [0.25, 0.3) is 0 Å². The number of ether oxygens (including phenoxy) is 3. The third-order valence-corrected chi connectivity index (χ3v) is 5.85. The van der Waals surface area contributed by atoms with Crippen molar-refractivity contribution >= 4 is 16.9 Å². The van der Waals surface area contributed by atoms with Crippen molar-refractivity contribution in [1.29, 1.82) is 0 Å². The lowest BCUT2D eigenvalue weighted by Crippen LogP contribution is -2.19. The maximum Gasteiger partial charge on any atom is 0.343 e. The highest BCUT2D eigenvalue weighted by Crippen LogP contribution is 2.43. The van der Waals surface area contributed by atoms with Crippen LogP contribution >= 0.6 is 0 Å². The summed E-state index contributed by atoms with van der Waals surface area (Å²) in [4.78, 5) is 25.5. The van der Waals surface area contributed by atoms with Crippen LogP contribution < -0.4 is 15.1 Å². The van der Waals surface area contributed by atoms with Crippen LogP contribution in [0.1, 0.15) is 29.0 Å². The summed E-state index contributed by atoms with van der Waals surface area (Å²) < 4.78 is 22.1. The molecule has 0 bridgehead atoms. The van der Waals surface area contributed by atoms with Crippen LogP contribution in [0.5, 0.6) is 17.2 Å². The van der Waals surface area contributed by atoms with Gasteiger partial charge in [-0.15, -0.1) is 0 Å². The zero-order valence-corrected chi connectivity index (χ0v) is 19.5. The lowest BCUT2D eigenvalue weighted by Gasteiger charge is -2.22. The second kappa shape index (κ2) is 10.8. The van der Waals surface area contributed by atoms with E-state index in [4.69, 9.17) is 18.6 Å². The van der Waals surface area contributed by atoms with Gasteiger partial charge in [0.05, 0.1) is 38.2 Å². The SMILES string of the molecule is COC(=O)C[C@@H](c1cccc(OC)c1OCCc1ccccc1)c1c(O)c2ccccc2oc1=O. The summed E-state index contributed by atoms with van der Waals surface area (Å²) in [6.07, 6.45) is 0.429. The second-order valence-corrected chi connectivity index (χ2v) is 7.94. The average Bonchev–Trinajstić information content (AvgIpc) is 2.88. The molecule has 1 atom stereocenters. The number of hydrogen-bond acceptors (Lipinski definition) is 7. The van der Waals surface area contributed by atoms with Gasteiger partial charge < -0.3 is 23.7 Å². The summed E-state index contributed by atoms with van der Waals surface area (Å²) in [6.45, 7) is 0.334. The molecule has 180 valence electrons. The number of hydrogen-bond donors (Lipinski definition) is 1. The van der Waals surface area contributed by atoms with Crippen molar-refractivity contribution in [1.82, 2.24) is 0 Å². The van der Waals surface area contributed by atoms with Gasteiger partial charge >= 0.3 is 11.6 Å². The molecule has 1 aromatic heterocycles. The monoisotopic (exact) mass is 474 g/mol. The molecule has 0 saturated carbocycles. The molecule has 3 aromatic carbocycles. The summed E-state index contributed by atoms with van der Waals surface area (Å²) in [5.74, 6) is -0.879. The zero-order chi connectivity index (χ0) is 24.8. The Bertz CT molecular complexity index is 1380. The third kappa shape index (κ3) is 5.14. The van der Waals surface area contributed by atoms with Gasteiger partial charge in [-0.1, -0.05) is 54.6 Å². The molecule has 0 unspecified atom stereocenters. The van der Waals surface area contributed by atoms with E-state index < -0.39 is 17.5 Å². The van der Waals surface area contributed by atoms with Gasteiger partial charge in [-0.2, -0.15) is 0 Å². The Morgan fingerprint density at radius 2 is 1.71 bits per heavy atom. The number of fused-ring (bicyclic) bond motifs is 1. The van der Waals surface area contributed by atoms with Crippen LogP contribution in [0.4, 0.5) is 0 Å². The standard InChI is InChI=1S/C28H26O7/c1-32-23-14-8-12-19(27(23)34-16-15-18-9-4-3-5-10-18)21(17-24(29)33-2)25-26(30)20-11-6-7-13-22(20)35-28(25)31/h3-14,21,30H,15-17H2,1-2H3/t21-/m0/s1. The normalized spacial score (nSPS) is 11.7. The first kappa shape index (κ1) is 23.9. The highest BCUT2D eigenvalue weighted by molar-refractivity contribution is 5.85. The van der Waals surface area contributed by atoms with E-state index in [0.717, 1.165) is 5.56 Å². The first-order valence-electron chi connectivity index (χ1n) is 11.2. The van der Waals surface area contributed by atoms with Gasteiger partial charge in [0.1, 0.15) is 11.3 Å². The van der Waals surface area contributed by atoms with Crippen LogP contribution in [0.3, 0.4) is 0 Å². The van der Waals surface area contributed by atoms with E-state index in [1.165, 1.54) is 14.2 Å².